The van der Waals surface area contributed by atoms with Crippen LogP contribution in [0.4, 0.5) is 5.69 Å². The lowest BCUT2D eigenvalue weighted by Gasteiger charge is -2.18. The number of hydrogen-bond acceptors (Lipinski definition) is 4. The maximum Gasteiger partial charge on any atom is 0.244 e. The molecule has 1 aromatic carbocycles. The molecule has 19 heavy (non-hydrogen) atoms. The molecule has 1 atom stereocenters. The Bertz CT molecular complexity index is 526. The second-order valence-corrected chi connectivity index (χ2v) is 7.41. The van der Waals surface area contributed by atoms with E-state index in [0.717, 1.165) is 0 Å². The zero-order valence-electron chi connectivity index (χ0n) is 10.6. The molecule has 0 aliphatic rings. The predicted octanol–water partition coefficient (Wildman–Crippen LogP) is 2.50. The number of rotatable bonds is 6. The lowest BCUT2D eigenvalue weighted by Crippen LogP contribution is -2.37. The van der Waals surface area contributed by atoms with Crippen molar-refractivity contribution in [2.45, 2.75) is 24.3 Å². The molecule has 0 heterocycles. The van der Waals surface area contributed by atoms with Crippen molar-refractivity contribution in [2.75, 3.05) is 19.5 Å². The van der Waals surface area contributed by atoms with Gasteiger partial charge < -0.3 is 10.5 Å². The summed E-state index contributed by atoms with van der Waals surface area (Å²) in [5.41, 5.74) is 5.97. The van der Waals surface area contributed by atoms with Crippen LogP contribution in [0.1, 0.15) is 13.3 Å². The van der Waals surface area contributed by atoms with Gasteiger partial charge >= 0.3 is 0 Å². The summed E-state index contributed by atoms with van der Waals surface area (Å²) >= 11 is 6.48. The Labute approximate surface area is 130 Å². The standard InChI is InChI=1S/C11H16Br2N2O3S/c1-3-8(6-18-2)15-19(16,17)11-9(13)4-7(12)5-10(11)14/h4-5,8,15H,3,6,14H2,1-2H3. The molecule has 0 radical (unpaired) electrons. The highest BCUT2D eigenvalue weighted by atomic mass is 79.9. The molecule has 0 aliphatic heterocycles. The summed E-state index contributed by atoms with van der Waals surface area (Å²) in [6, 6.07) is 2.91. The number of benzene rings is 1. The molecule has 108 valence electrons. The van der Waals surface area contributed by atoms with Crippen LogP contribution < -0.4 is 10.5 Å². The molecule has 8 heteroatoms. The number of halogens is 2. The molecular weight excluding hydrogens is 400 g/mol. The largest absolute Gasteiger partial charge is 0.398 e. The van der Waals surface area contributed by atoms with Gasteiger partial charge in [-0.15, -0.1) is 0 Å². The molecule has 0 fully saturated rings. The Morgan fingerprint density at radius 2 is 2.05 bits per heavy atom. The van der Waals surface area contributed by atoms with E-state index in [-0.39, 0.29) is 16.6 Å². The van der Waals surface area contributed by atoms with Crippen LogP contribution in [0.25, 0.3) is 0 Å². The monoisotopic (exact) mass is 414 g/mol. The SMILES string of the molecule is CCC(COC)NS(=O)(=O)c1c(N)cc(Br)cc1Br. The van der Waals surface area contributed by atoms with E-state index in [1.54, 1.807) is 12.1 Å². The van der Waals surface area contributed by atoms with Gasteiger partial charge in [0.15, 0.2) is 0 Å². The number of nitrogens with two attached hydrogens (primary N) is 1. The van der Waals surface area contributed by atoms with E-state index in [4.69, 9.17) is 10.5 Å². The van der Waals surface area contributed by atoms with Gasteiger partial charge in [0.05, 0.1) is 12.3 Å². The molecule has 1 aromatic rings. The zero-order chi connectivity index (χ0) is 14.6. The van der Waals surface area contributed by atoms with Gasteiger partial charge in [-0.25, -0.2) is 13.1 Å². The van der Waals surface area contributed by atoms with E-state index >= 15 is 0 Å². The highest BCUT2D eigenvalue weighted by Crippen LogP contribution is 2.31. The summed E-state index contributed by atoms with van der Waals surface area (Å²) in [4.78, 5) is 0.0465. The number of methoxy groups -OCH3 is 1. The van der Waals surface area contributed by atoms with Crippen LogP contribution in [0.15, 0.2) is 26.0 Å². The minimum atomic E-state index is -3.69. The van der Waals surface area contributed by atoms with E-state index < -0.39 is 10.0 Å². The van der Waals surface area contributed by atoms with Crippen LogP contribution in [0, 0.1) is 0 Å². The van der Waals surface area contributed by atoms with Crippen molar-refractivity contribution in [1.82, 2.24) is 4.72 Å². The van der Waals surface area contributed by atoms with E-state index in [9.17, 15) is 8.42 Å². The van der Waals surface area contributed by atoms with Crippen LogP contribution in [-0.4, -0.2) is 28.2 Å². The van der Waals surface area contributed by atoms with Gasteiger partial charge in [-0.05, 0) is 34.5 Å². The second-order valence-electron chi connectivity index (χ2n) is 3.99. The number of sulfonamides is 1. The summed E-state index contributed by atoms with van der Waals surface area (Å²) in [6.07, 6.45) is 0.626. The minimum Gasteiger partial charge on any atom is -0.398 e. The molecule has 0 saturated heterocycles. The number of nitrogens with one attached hydrogen (secondary N) is 1. The molecule has 1 rings (SSSR count). The van der Waals surface area contributed by atoms with Crippen molar-refractivity contribution in [2.24, 2.45) is 0 Å². The quantitative estimate of drug-likeness (QED) is 0.699. The summed E-state index contributed by atoms with van der Waals surface area (Å²) in [7, 11) is -2.17. The highest BCUT2D eigenvalue weighted by Gasteiger charge is 2.24. The van der Waals surface area contributed by atoms with Gasteiger partial charge in [-0.3, -0.25) is 0 Å². The minimum absolute atomic E-state index is 0.0465. The molecule has 0 bridgehead atoms. The zero-order valence-corrected chi connectivity index (χ0v) is 14.6. The van der Waals surface area contributed by atoms with Crippen LogP contribution in [0.2, 0.25) is 0 Å². The number of hydrogen-bond donors (Lipinski definition) is 2. The van der Waals surface area contributed by atoms with Gasteiger partial charge in [-0.2, -0.15) is 0 Å². The number of ether oxygens (including phenoxy) is 1. The summed E-state index contributed by atoms with van der Waals surface area (Å²) < 4.78 is 33.4. The average Bonchev–Trinajstić information content (AvgIpc) is 2.25. The van der Waals surface area contributed by atoms with Crippen molar-refractivity contribution in [3.8, 4) is 0 Å². The van der Waals surface area contributed by atoms with Gasteiger partial charge in [0.1, 0.15) is 4.90 Å². The third-order valence-corrected chi connectivity index (χ3v) is 5.47. The Balaban J connectivity index is 3.14. The predicted molar refractivity (Wildman–Crippen MR) is 82.5 cm³/mol. The van der Waals surface area contributed by atoms with Crippen molar-refractivity contribution in [3.05, 3.63) is 21.1 Å². The fourth-order valence-electron chi connectivity index (χ4n) is 1.58. The Morgan fingerprint density at radius 3 is 2.53 bits per heavy atom. The average molecular weight is 416 g/mol. The first-order chi connectivity index (χ1) is 8.81. The number of anilines is 1. The molecule has 5 nitrogen and oxygen atoms in total. The van der Waals surface area contributed by atoms with E-state index in [0.29, 0.717) is 22.0 Å². The third-order valence-electron chi connectivity index (χ3n) is 2.49. The molecular formula is C11H16Br2N2O3S. The molecule has 0 saturated carbocycles. The highest BCUT2D eigenvalue weighted by molar-refractivity contribution is 9.11. The first-order valence-electron chi connectivity index (χ1n) is 5.57. The summed E-state index contributed by atoms with van der Waals surface area (Å²) in [5, 5.41) is 0. The van der Waals surface area contributed by atoms with Crippen molar-refractivity contribution < 1.29 is 13.2 Å². The van der Waals surface area contributed by atoms with E-state index in [1.165, 1.54) is 7.11 Å². The fourth-order valence-corrected chi connectivity index (χ4v) is 4.95. The van der Waals surface area contributed by atoms with Crippen LogP contribution in [0.5, 0.6) is 0 Å². The van der Waals surface area contributed by atoms with Crippen LogP contribution >= 0.6 is 31.9 Å². The first-order valence-corrected chi connectivity index (χ1v) is 8.64. The molecule has 0 spiro atoms. The van der Waals surface area contributed by atoms with Crippen molar-refractivity contribution in [3.63, 3.8) is 0 Å². The lowest BCUT2D eigenvalue weighted by atomic mass is 10.3. The van der Waals surface area contributed by atoms with Gasteiger partial charge in [0.25, 0.3) is 0 Å². The topological polar surface area (TPSA) is 81.4 Å². The summed E-state index contributed by atoms with van der Waals surface area (Å²) in [6.45, 7) is 2.19. The van der Waals surface area contributed by atoms with Crippen molar-refractivity contribution >= 4 is 47.6 Å². The van der Waals surface area contributed by atoms with Gasteiger partial charge in [-0.1, -0.05) is 22.9 Å². The van der Waals surface area contributed by atoms with Gasteiger partial charge in [0, 0.05) is 22.1 Å². The smallest absolute Gasteiger partial charge is 0.244 e. The molecule has 0 aliphatic carbocycles. The fraction of sp³-hybridized carbons (Fsp3) is 0.455. The second kappa shape index (κ2) is 7.03. The normalized spacial score (nSPS) is 13.5. The third kappa shape index (κ3) is 4.42. The number of nitrogen functional groups attached to an aromatic ring is 1. The lowest BCUT2D eigenvalue weighted by molar-refractivity contribution is 0.173. The Morgan fingerprint density at radius 1 is 1.42 bits per heavy atom. The first kappa shape index (κ1) is 16.9. The van der Waals surface area contributed by atoms with Gasteiger partial charge in [0.2, 0.25) is 10.0 Å². The Hall–Kier alpha value is -0.150. The Kier molecular flexibility index (Phi) is 6.25. The van der Waals surface area contributed by atoms with E-state index in [2.05, 4.69) is 36.6 Å². The maximum absolute atomic E-state index is 12.3. The molecule has 3 N–H and O–H groups in total. The maximum atomic E-state index is 12.3. The van der Waals surface area contributed by atoms with E-state index in [1.807, 2.05) is 6.92 Å². The summed E-state index contributed by atoms with van der Waals surface area (Å²) in [5.74, 6) is 0. The van der Waals surface area contributed by atoms with Crippen LogP contribution in [-0.2, 0) is 14.8 Å². The molecule has 0 aromatic heterocycles. The van der Waals surface area contributed by atoms with Crippen molar-refractivity contribution in [1.29, 1.82) is 0 Å². The van der Waals surface area contributed by atoms with Crippen LogP contribution in [0.3, 0.4) is 0 Å². The molecule has 1 unspecified atom stereocenters. The molecule has 0 amide bonds.